The lowest BCUT2D eigenvalue weighted by molar-refractivity contribution is 0.836. The number of aromatic nitrogens is 1. The van der Waals surface area contributed by atoms with Crippen LogP contribution in [0.2, 0.25) is 5.02 Å². The van der Waals surface area contributed by atoms with E-state index in [1.807, 2.05) is 54.7 Å². The van der Waals surface area contributed by atoms with Crippen molar-refractivity contribution in [1.82, 2.24) is 4.57 Å². The summed E-state index contributed by atoms with van der Waals surface area (Å²) >= 11 is 6.19. The summed E-state index contributed by atoms with van der Waals surface area (Å²) in [5.41, 5.74) is 2.80. The van der Waals surface area contributed by atoms with Crippen LogP contribution in [0, 0.1) is 11.3 Å². The molecule has 0 aliphatic carbocycles. The van der Waals surface area contributed by atoms with Crippen LogP contribution in [-0.2, 0) is 6.54 Å². The van der Waals surface area contributed by atoms with Gasteiger partial charge in [-0.15, -0.1) is 0 Å². The topological polar surface area (TPSA) is 28.7 Å². The summed E-state index contributed by atoms with van der Waals surface area (Å²) in [4.78, 5) is 0. The minimum absolute atomic E-state index is 0.669. The second kappa shape index (κ2) is 4.79. The molecule has 0 atom stereocenters. The lowest BCUT2D eigenvalue weighted by Crippen LogP contribution is -1.98. The van der Waals surface area contributed by atoms with E-state index in [-0.39, 0.29) is 0 Å². The van der Waals surface area contributed by atoms with Crippen LogP contribution in [0.1, 0.15) is 11.1 Å². The van der Waals surface area contributed by atoms with Gasteiger partial charge in [0.25, 0.3) is 0 Å². The predicted octanol–water partition coefficient (Wildman–Crippen LogP) is 4.21. The van der Waals surface area contributed by atoms with Crippen LogP contribution in [0.15, 0.2) is 54.7 Å². The van der Waals surface area contributed by atoms with Crippen molar-refractivity contribution in [3.63, 3.8) is 0 Å². The van der Waals surface area contributed by atoms with Crippen LogP contribution in [0.25, 0.3) is 10.9 Å². The number of hydrogen-bond donors (Lipinski definition) is 0. The van der Waals surface area contributed by atoms with E-state index < -0.39 is 0 Å². The zero-order valence-electron chi connectivity index (χ0n) is 10.2. The molecule has 92 valence electrons. The van der Waals surface area contributed by atoms with Crippen LogP contribution in [0.5, 0.6) is 0 Å². The van der Waals surface area contributed by atoms with E-state index in [2.05, 4.69) is 10.6 Å². The molecule has 0 fully saturated rings. The summed E-state index contributed by atoms with van der Waals surface area (Å²) in [6.07, 6.45) is 1.88. The van der Waals surface area contributed by atoms with Crippen molar-refractivity contribution in [3.8, 4) is 6.07 Å². The molecule has 0 N–H and O–H groups in total. The molecular weight excluding hydrogens is 256 g/mol. The lowest BCUT2D eigenvalue weighted by Gasteiger charge is -2.07. The molecule has 0 aliphatic heterocycles. The van der Waals surface area contributed by atoms with Crippen LogP contribution in [0.4, 0.5) is 0 Å². The van der Waals surface area contributed by atoms with Gasteiger partial charge in [0.2, 0.25) is 0 Å². The first-order chi connectivity index (χ1) is 9.29. The molecule has 0 radical (unpaired) electrons. The highest BCUT2D eigenvalue weighted by atomic mass is 35.5. The standard InChI is InChI=1S/C16H11ClN2/c17-15-7-3-1-5-12(15)10-19-11-13(9-18)14-6-2-4-8-16(14)19/h1-8,11H,10H2. The fraction of sp³-hybridized carbons (Fsp3) is 0.0625. The monoisotopic (exact) mass is 266 g/mol. The van der Waals surface area contributed by atoms with Crippen molar-refractivity contribution in [2.24, 2.45) is 0 Å². The Morgan fingerprint density at radius 2 is 1.79 bits per heavy atom. The Kier molecular flexibility index (Phi) is 2.98. The number of rotatable bonds is 2. The van der Waals surface area contributed by atoms with Crippen molar-refractivity contribution in [3.05, 3.63) is 70.9 Å². The summed E-state index contributed by atoms with van der Waals surface area (Å²) in [6, 6.07) is 17.9. The molecule has 0 aliphatic rings. The maximum absolute atomic E-state index is 9.18. The van der Waals surface area contributed by atoms with E-state index in [9.17, 15) is 5.26 Å². The van der Waals surface area contributed by atoms with Gasteiger partial charge in [0.15, 0.2) is 0 Å². The summed E-state index contributed by atoms with van der Waals surface area (Å²) in [6.45, 7) is 0.669. The van der Waals surface area contributed by atoms with E-state index in [1.54, 1.807) is 0 Å². The first kappa shape index (κ1) is 11.8. The van der Waals surface area contributed by atoms with Crippen molar-refractivity contribution in [2.75, 3.05) is 0 Å². The maximum atomic E-state index is 9.18. The molecule has 0 saturated heterocycles. The molecule has 2 aromatic carbocycles. The number of para-hydroxylation sites is 1. The van der Waals surface area contributed by atoms with Crippen molar-refractivity contribution in [1.29, 1.82) is 5.26 Å². The van der Waals surface area contributed by atoms with E-state index in [1.165, 1.54) is 0 Å². The van der Waals surface area contributed by atoms with E-state index in [0.717, 1.165) is 21.5 Å². The summed E-state index contributed by atoms with van der Waals surface area (Å²) in [7, 11) is 0. The Balaban J connectivity index is 2.12. The molecule has 0 saturated carbocycles. The molecule has 1 aromatic heterocycles. The second-order valence-electron chi connectivity index (χ2n) is 4.39. The van der Waals surface area contributed by atoms with E-state index in [4.69, 9.17) is 11.6 Å². The highest BCUT2D eigenvalue weighted by Gasteiger charge is 2.08. The molecule has 19 heavy (non-hydrogen) atoms. The minimum atomic E-state index is 0.669. The molecule has 0 spiro atoms. The highest BCUT2D eigenvalue weighted by molar-refractivity contribution is 6.31. The van der Waals surface area contributed by atoms with Gasteiger partial charge in [-0.3, -0.25) is 0 Å². The summed E-state index contributed by atoms with van der Waals surface area (Å²) in [5.74, 6) is 0. The lowest BCUT2D eigenvalue weighted by atomic mass is 10.2. The van der Waals surface area contributed by atoms with E-state index >= 15 is 0 Å². The van der Waals surface area contributed by atoms with Crippen molar-refractivity contribution < 1.29 is 0 Å². The Morgan fingerprint density at radius 3 is 2.58 bits per heavy atom. The maximum Gasteiger partial charge on any atom is 0.101 e. The molecule has 0 unspecified atom stereocenters. The Bertz CT molecular complexity index is 781. The third kappa shape index (κ3) is 2.09. The van der Waals surface area contributed by atoms with Gasteiger partial charge in [0, 0.05) is 28.7 Å². The molecule has 3 aromatic rings. The summed E-state index contributed by atoms with van der Waals surface area (Å²) in [5, 5.41) is 10.9. The molecule has 0 bridgehead atoms. The first-order valence-corrected chi connectivity index (χ1v) is 6.39. The van der Waals surface area contributed by atoms with Gasteiger partial charge in [0.05, 0.1) is 5.56 Å². The fourth-order valence-electron chi connectivity index (χ4n) is 2.28. The molecule has 3 heteroatoms. The van der Waals surface area contributed by atoms with Crippen LogP contribution in [0.3, 0.4) is 0 Å². The van der Waals surface area contributed by atoms with Crippen LogP contribution < -0.4 is 0 Å². The molecule has 2 nitrogen and oxygen atoms in total. The van der Waals surface area contributed by atoms with Crippen molar-refractivity contribution >= 4 is 22.5 Å². The van der Waals surface area contributed by atoms with Gasteiger partial charge in [-0.2, -0.15) is 5.26 Å². The fourth-order valence-corrected chi connectivity index (χ4v) is 2.47. The quantitative estimate of drug-likeness (QED) is 0.683. The number of benzene rings is 2. The Labute approximate surface area is 116 Å². The number of nitriles is 1. The largest absolute Gasteiger partial charge is 0.342 e. The Hall–Kier alpha value is -2.24. The Morgan fingerprint density at radius 1 is 1.05 bits per heavy atom. The third-order valence-corrected chi connectivity index (χ3v) is 3.58. The van der Waals surface area contributed by atoms with Gasteiger partial charge in [-0.05, 0) is 17.7 Å². The van der Waals surface area contributed by atoms with Gasteiger partial charge in [0.1, 0.15) is 6.07 Å². The number of fused-ring (bicyclic) bond motifs is 1. The first-order valence-electron chi connectivity index (χ1n) is 6.01. The minimum Gasteiger partial charge on any atom is -0.342 e. The normalized spacial score (nSPS) is 10.5. The molecule has 1 heterocycles. The second-order valence-corrected chi connectivity index (χ2v) is 4.80. The van der Waals surface area contributed by atoms with E-state index in [0.29, 0.717) is 12.1 Å². The molecular formula is C16H11ClN2. The van der Waals surface area contributed by atoms with Crippen LogP contribution >= 0.6 is 11.6 Å². The summed E-state index contributed by atoms with van der Waals surface area (Å²) < 4.78 is 2.06. The third-order valence-electron chi connectivity index (χ3n) is 3.21. The SMILES string of the molecule is N#Cc1cn(Cc2ccccc2Cl)c2ccccc12. The predicted molar refractivity (Wildman–Crippen MR) is 77.2 cm³/mol. The van der Waals surface area contributed by atoms with Gasteiger partial charge >= 0.3 is 0 Å². The molecule has 0 amide bonds. The number of nitrogens with zero attached hydrogens (tertiary/aromatic N) is 2. The average Bonchev–Trinajstić information content (AvgIpc) is 2.80. The van der Waals surface area contributed by atoms with Gasteiger partial charge in [-0.1, -0.05) is 48.0 Å². The average molecular weight is 267 g/mol. The van der Waals surface area contributed by atoms with Gasteiger partial charge in [-0.25, -0.2) is 0 Å². The molecule has 3 rings (SSSR count). The highest BCUT2D eigenvalue weighted by Crippen LogP contribution is 2.23. The van der Waals surface area contributed by atoms with Gasteiger partial charge < -0.3 is 4.57 Å². The van der Waals surface area contributed by atoms with Crippen LogP contribution in [-0.4, -0.2) is 4.57 Å². The smallest absolute Gasteiger partial charge is 0.101 e. The number of halogens is 1. The zero-order valence-corrected chi connectivity index (χ0v) is 10.9. The van der Waals surface area contributed by atoms with Crippen molar-refractivity contribution in [2.45, 2.75) is 6.54 Å². The number of hydrogen-bond acceptors (Lipinski definition) is 1. The zero-order chi connectivity index (χ0) is 13.2.